The Morgan fingerprint density at radius 2 is 1.93 bits per heavy atom. The van der Waals surface area contributed by atoms with Gasteiger partial charge in [0.2, 0.25) is 4.96 Å². The summed E-state index contributed by atoms with van der Waals surface area (Å²) in [6.45, 7) is 0. The fourth-order valence-electron chi connectivity index (χ4n) is 2.93. The van der Waals surface area contributed by atoms with E-state index in [0.29, 0.717) is 21.6 Å². The molecule has 5 rings (SSSR count). The van der Waals surface area contributed by atoms with Gasteiger partial charge in [-0.2, -0.15) is 9.61 Å². The van der Waals surface area contributed by atoms with Crippen molar-refractivity contribution in [2.24, 2.45) is 0 Å². The van der Waals surface area contributed by atoms with Gasteiger partial charge >= 0.3 is 0 Å². The van der Waals surface area contributed by atoms with Gasteiger partial charge in [-0.1, -0.05) is 47.2 Å². The number of aromatic nitrogens is 5. The molecule has 0 bridgehead atoms. The minimum Gasteiger partial charge on any atom is -0.496 e. The van der Waals surface area contributed by atoms with Crippen LogP contribution in [0.25, 0.3) is 38.0 Å². The Balaban J connectivity index is 1.66. The molecule has 3 heterocycles. The minimum atomic E-state index is 0.577. The molecule has 0 spiro atoms. The van der Waals surface area contributed by atoms with E-state index in [1.54, 1.807) is 29.8 Å². The highest BCUT2D eigenvalue weighted by Gasteiger charge is 2.18. The zero-order valence-corrected chi connectivity index (χ0v) is 15.7. The monoisotopic (exact) mass is 393 g/mol. The molecule has 0 saturated heterocycles. The lowest BCUT2D eigenvalue weighted by Crippen LogP contribution is -1.95. The van der Waals surface area contributed by atoms with Crippen LogP contribution in [0.15, 0.2) is 54.6 Å². The first-order valence-electron chi connectivity index (χ1n) is 8.15. The lowest BCUT2D eigenvalue weighted by atomic mass is 10.2. The second-order valence-corrected chi connectivity index (χ2v) is 7.25. The van der Waals surface area contributed by atoms with Gasteiger partial charge in [0.1, 0.15) is 11.4 Å². The van der Waals surface area contributed by atoms with E-state index in [1.807, 2.05) is 36.4 Å². The predicted octanol–water partition coefficient (Wildman–Crippen LogP) is 4.73. The van der Waals surface area contributed by atoms with E-state index in [0.717, 1.165) is 27.2 Å². The van der Waals surface area contributed by atoms with E-state index in [1.165, 1.54) is 11.3 Å². The lowest BCUT2D eigenvalue weighted by molar-refractivity contribution is 0.416. The van der Waals surface area contributed by atoms with E-state index in [9.17, 15) is 0 Å². The molecule has 0 amide bonds. The molecular weight excluding hydrogens is 382 g/mol. The van der Waals surface area contributed by atoms with Crippen LogP contribution < -0.4 is 4.74 Å². The lowest BCUT2D eigenvalue weighted by Gasteiger charge is -2.06. The van der Waals surface area contributed by atoms with Crippen molar-refractivity contribution < 1.29 is 4.74 Å². The first kappa shape index (κ1) is 16.2. The maximum absolute atomic E-state index is 6.16. The second-order valence-electron chi connectivity index (χ2n) is 5.86. The van der Waals surface area contributed by atoms with Crippen LogP contribution in [0, 0.1) is 0 Å². The Kier molecular flexibility index (Phi) is 3.77. The van der Waals surface area contributed by atoms with Gasteiger partial charge in [-0.25, -0.2) is 4.98 Å². The highest BCUT2D eigenvalue weighted by Crippen LogP contribution is 2.33. The van der Waals surface area contributed by atoms with E-state index in [4.69, 9.17) is 21.3 Å². The zero-order valence-electron chi connectivity index (χ0n) is 14.1. The summed E-state index contributed by atoms with van der Waals surface area (Å²) >= 11 is 7.59. The third-order valence-corrected chi connectivity index (χ3v) is 5.37. The molecule has 27 heavy (non-hydrogen) atoms. The summed E-state index contributed by atoms with van der Waals surface area (Å²) in [7, 11) is 1.61. The Morgan fingerprint density at radius 3 is 2.81 bits per heavy atom. The average molecular weight is 394 g/mol. The average Bonchev–Trinajstić information content (AvgIpc) is 3.28. The number of nitrogens with zero attached hydrogens (tertiary/aromatic N) is 5. The highest BCUT2D eigenvalue weighted by atomic mass is 35.5. The van der Waals surface area contributed by atoms with E-state index in [-0.39, 0.29) is 0 Å². The van der Waals surface area contributed by atoms with Crippen molar-refractivity contribution in [1.82, 2.24) is 24.8 Å². The molecule has 0 radical (unpaired) electrons. The summed E-state index contributed by atoms with van der Waals surface area (Å²) in [5.41, 5.74) is 2.46. The fraction of sp³-hybridized carbons (Fsp3) is 0.0526. The number of hydrogen-bond donors (Lipinski definition) is 0. The topological polar surface area (TPSA) is 65.2 Å². The summed E-state index contributed by atoms with van der Waals surface area (Å²) < 4.78 is 7.14. The zero-order chi connectivity index (χ0) is 18.4. The van der Waals surface area contributed by atoms with Crippen LogP contribution in [-0.4, -0.2) is 31.9 Å². The number of benzene rings is 2. The standard InChI is InChI=1S/C19H12ClN5OS/c1-26-16-9-7-12(20)10-13(16)17-22-23-19-25(17)24-18(27-19)15-8-6-11-4-2-3-5-14(11)21-15/h2-10H,1H3. The Labute approximate surface area is 163 Å². The molecule has 0 N–H and O–H groups in total. The number of rotatable bonds is 3. The Bertz CT molecular complexity index is 1300. The number of methoxy groups -OCH3 is 1. The molecule has 5 aromatic rings. The molecule has 0 unspecified atom stereocenters. The molecule has 8 heteroatoms. The molecule has 0 fully saturated rings. The Hall–Kier alpha value is -3.03. The van der Waals surface area contributed by atoms with Crippen LogP contribution in [0.1, 0.15) is 0 Å². The normalized spacial score (nSPS) is 11.3. The fourth-order valence-corrected chi connectivity index (χ4v) is 3.91. The van der Waals surface area contributed by atoms with Crippen molar-refractivity contribution in [3.63, 3.8) is 0 Å². The van der Waals surface area contributed by atoms with Gasteiger partial charge in [0.15, 0.2) is 10.8 Å². The number of halogens is 1. The molecule has 0 atom stereocenters. The van der Waals surface area contributed by atoms with Gasteiger partial charge in [-0.15, -0.1) is 10.2 Å². The summed E-state index contributed by atoms with van der Waals surface area (Å²) in [6, 6.07) is 17.4. The van der Waals surface area contributed by atoms with Crippen LogP contribution in [0.3, 0.4) is 0 Å². The summed E-state index contributed by atoms with van der Waals surface area (Å²) in [6.07, 6.45) is 0. The molecule has 0 aliphatic rings. The van der Waals surface area contributed by atoms with Crippen LogP contribution in [-0.2, 0) is 0 Å². The SMILES string of the molecule is COc1ccc(Cl)cc1-c1nnc2sc(-c3ccc4ccccc4n3)nn12. The van der Waals surface area contributed by atoms with Crippen LogP contribution in [0.5, 0.6) is 5.75 Å². The van der Waals surface area contributed by atoms with Gasteiger partial charge in [0, 0.05) is 10.4 Å². The van der Waals surface area contributed by atoms with E-state index < -0.39 is 0 Å². The first-order valence-corrected chi connectivity index (χ1v) is 9.35. The van der Waals surface area contributed by atoms with E-state index >= 15 is 0 Å². The number of ether oxygens (including phenoxy) is 1. The maximum atomic E-state index is 6.16. The minimum absolute atomic E-state index is 0.577. The number of para-hydroxylation sites is 1. The largest absolute Gasteiger partial charge is 0.496 e. The van der Waals surface area contributed by atoms with Crippen LogP contribution in [0.4, 0.5) is 0 Å². The predicted molar refractivity (Wildman–Crippen MR) is 106 cm³/mol. The first-order chi connectivity index (χ1) is 13.2. The van der Waals surface area contributed by atoms with Gasteiger partial charge in [0.05, 0.1) is 18.2 Å². The van der Waals surface area contributed by atoms with Crippen LogP contribution in [0.2, 0.25) is 5.02 Å². The smallest absolute Gasteiger partial charge is 0.235 e. The van der Waals surface area contributed by atoms with Crippen molar-refractivity contribution in [2.75, 3.05) is 7.11 Å². The molecule has 132 valence electrons. The van der Waals surface area contributed by atoms with Gasteiger partial charge in [-0.05, 0) is 30.3 Å². The van der Waals surface area contributed by atoms with Crippen molar-refractivity contribution in [3.05, 3.63) is 59.6 Å². The molecule has 0 aliphatic heterocycles. The third kappa shape index (κ3) is 2.72. The molecule has 6 nitrogen and oxygen atoms in total. The molecule has 3 aromatic heterocycles. The van der Waals surface area contributed by atoms with Crippen molar-refractivity contribution in [1.29, 1.82) is 0 Å². The molecule has 0 aliphatic carbocycles. The van der Waals surface area contributed by atoms with E-state index in [2.05, 4.69) is 15.3 Å². The summed E-state index contributed by atoms with van der Waals surface area (Å²) in [4.78, 5) is 5.39. The quantitative estimate of drug-likeness (QED) is 0.443. The molecular formula is C19H12ClN5OS. The van der Waals surface area contributed by atoms with Crippen molar-refractivity contribution in [3.8, 4) is 27.8 Å². The van der Waals surface area contributed by atoms with Gasteiger partial charge in [-0.3, -0.25) is 0 Å². The van der Waals surface area contributed by atoms with Crippen molar-refractivity contribution in [2.45, 2.75) is 0 Å². The third-order valence-electron chi connectivity index (χ3n) is 4.21. The Morgan fingerprint density at radius 1 is 1.04 bits per heavy atom. The van der Waals surface area contributed by atoms with Gasteiger partial charge in [0.25, 0.3) is 0 Å². The van der Waals surface area contributed by atoms with Crippen LogP contribution >= 0.6 is 22.9 Å². The second kappa shape index (κ2) is 6.29. The molecule has 0 saturated carbocycles. The maximum Gasteiger partial charge on any atom is 0.235 e. The number of fused-ring (bicyclic) bond motifs is 2. The van der Waals surface area contributed by atoms with Gasteiger partial charge < -0.3 is 4.74 Å². The number of hydrogen-bond acceptors (Lipinski definition) is 6. The molecule has 2 aromatic carbocycles. The summed E-state index contributed by atoms with van der Waals surface area (Å²) in [5, 5.41) is 15.6. The highest BCUT2D eigenvalue weighted by molar-refractivity contribution is 7.19. The summed E-state index contributed by atoms with van der Waals surface area (Å²) in [5.74, 6) is 1.24. The number of pyridine rings is 1. The van der Waals surface area contributed by atoms with Crippen molar-refractivity contribution >= 4 is 38.8 Å².